The highest BCUT2D eigenvalue weighted by Crippen LogP contribution is 2.29. The maximum Gasteiger partial charge on any atom is 0.306 e. The first kappa shape index (κ1) is 13.2. The molecule has 0 saturated carbocycles. The highest BCUT2D eigenvalue weighted by Gasteiger charge is 2.25. The lowest BCUT2D eigenvalue weighted by Gasteiger charge is -2.31. The lowest BCUT2D eigenvalue weighted by Crippen LogP contribution is -2.36. The Morgan fingerprint density at radius 2 is 2.05 bits per heavy atom. The first-order valence-electron chi connectivity index (χ1n) is 6.67. The van der Waals surface area contributed by atoms with E-state index in [2.05, 4.69) is 9.88 Å². The molecule has 5 heteroatoms. The van der Waals surface area contributed by atoms with Crippen molar-refractivity contribution in [2.75, 3.05) is 18.0 Å². The van der Waals surface area contributed by atoms with Crippen LogP contribution >= 0.6 is 11.6 Å². The summed E-state index contributed by atoms with van der Waals surface area (Å²) in [5.41, 5.74) is 0. The maximum atomic E-state index is 11.0. The van der Waals surface area contributed by atoms with E-state index in [1.54, 1.807) is 6.20 Å². The molecule has 20 heavy (non-hydrogen) atoms. The van der Waals surface area contributed by atoms with Crippen LogP contribution in [0, 0.1) is 5.92 Å². The molecule has 0 atom stereocenters. The van der Waals surface area contributed by atoms with E-state index in [0.29, 0.717) is 17.9 Å². The van der Waals surface area contributed by atoms with Gasteiger partial charge in [-0.3, -0.25) is 4.79 Å². The minimum atomic E-state index is -0.692. The smallest absolute Gasteiger partial charge is 0.306 e. The van der Waals surface area contributed by atoms with Gasteiger partial charge in [-0.05, 0) is 42.5 Å². The van der Waals surface area contributed by atoms with Crippen LogP contribution in [0.1, 0.15) is 12.8 Å². The third-order valence-electron chi connectivity index (χ3n) is 3.85. The summed E-state index contributed by atoms with van der Waals surface area (Å²) in [6.07, 6.45) is 3.11. The molecule has 1 aliphatic rings. The Bertz CT molecular complexity index is 651. The van der Waals surface area contributed by atoms with E-state index < -0.39 is 5.97 Å². The number of carboxylic acids is 1. The van der Waals surface area contributed by atoms with Gasteiger partial charge in [-0.15, -0.1) is 0 Å². The zero-order valence-electron chi connectivity index (χ0n) is 10.9. The zero-order valence-corrected chi connectivity index (χ0v) is 11.7. The molecule has 1 saturated heterocycles. The number of nitrogens with zero attached hydrogens (tertiary/aromatic N) is 2. The second kappa shape index (κ2) is 5.29. The summed E-state index contributed by atoms with van der Waals surface area (Å²) >= 11 is 6.01. The summed E-state index contributed by atoms with van der Waals surface area (Å²) < 4.78 is 0. The molecule has 1 aromatic heterocycles. The van der Waals surface area contributed by atoms with Crippen LogP contribution < -0.4 is 4.90 Å². The normalized spacial score (nSPS) is 16.6. The first-order valence-corrected chi connectivity index (χ1v) is 7.05. The van der Waals surface area contributed by atoms with E-state index in [-0.39, 0.29) is 5.92 Å². The number of rotatable bonds is 2. The minimum Gasteiger partial charge on any atom is -0.481 e. The molecular formula is C15H15ClN2O2. The quantitative estimate of drug-likeness (QED) is 0.923. The van der Waals surface area contributed by atoms with Crippen molar-refractivity contribution < 1.29 is 9.90 Å². The van der Waals surface area contributed by atoms with Crippen LogP contribution in [0.25, 0.3) is 10.8 Å². The van der Waals surface area contributed by atoms with Crippen LogP contribution in [0.3, 0.4) is 0 Å². The number of carboxylic acid groups (broad SMARTS) is 1. The fraction of sp³-hybridized carbons (Fsp3) is 0.333. The van der Waals surface area contributed by atoms with Gasteiger partial charge in [0.25, 0.3) is 0 Å². The van der Waals surface area contributed by atoms with Gasteiger partial charge in [0, 0.05) is 29.7 Å². The van der Waals surface area contributed by atoms with Gasteiger partial charge in [-0.1, -0.05) is 11.6 Å². The Labute approximate surface area is 122 Å². The molecule has 2 heterocycles. The Balaban J connectivity index is 1.90. The lowest BCUT2D eigenvalue weighted by molar-refractivity contribution is -0.142. The van der Waals surface area contributed by atoms with Gasteiger partial charge in [0.05, 0.1) is 5.92 Å². The molecule has 1 N–H and O–H groups in total. The molecule has 104 valence electrons. The summed E-state index contributed by atoms with van der Waals surface area (Å²) in [4.78, 5) is 17.6. The number of benzene rings is 1. The molecule has 0 amide bonds. The number of anilines is 1. The Hall–Kier alpha value is -1.81. The lowest BCUT2D eigenvalue weighted by atomic mass is 9.97. The summed E-state index contributed by atoms with van der Waals surface area (Å²) in [5.74, 6) is 0.000914. The standard InChI is InChI=1S/C15H15ClN2O2/c16-12-1-2-13-11(9-12)3-6-17-14(13)18-7-4-10(5-8-18)15(19)20/h1-3,6,9-10H,4-5,7-8H2,(H,19,20). The van der Waals surface area contributed by atoms with Crippen LogP contribution in [-0.4, -0.2) is 29.1 Å². The van der Waals surface area contributed by atoms with Crippen molar-refractivity contribution in [2.45, 2.75) is 12.8 Å². The second-order valence-electron chi connectivity index (χ2n) is 5.10. The summed E-state index contributed by atoms with van der Waals surface area (Å²) in [5, 5.41) is 11.9. The molecule has 2 aromatic rings. The van der Waals surface area contributed by atoms with Crippen molar-refractivity contribution in [2.24, 2.45) is 5.92 Å². The number of hydrogen-bond acceptors (Lipinski definition) is 3. The number of halogens is 1. The maximum absolute atomic E-state index is 11.0. The van der Waals surface area contributed by atoms with Gasteiger partial charge in [0.2, 0.25) is 0 Å². The second-order valence-corrected chi connectivity index (χ2v) is 5.54. The molecule has 1 aromatic carbocycles. The molecule has 0 radical (unpaired) electrons. The van der Waals surface area contributed by atoms with E-state index >= 15 is 0 Å². The van der Waals surface area contributed by atoms with E-state index in [9.17, 15) is 4.79 Å². The van der Waals surface area contributed by atoms with E-state index in [1.165, 1.54) is 0 Å². The molecular weight excluding hydrogens is 276 g/mol. The van der Waals surface area contributed by atoms with Crippen LogP contribution in [0.15, 0.2) is 30.5 Å². The molecule has 0 bridgehead atoms. The van der Waals surface area contributed by atoms with Crippen LogP contribution in [0.4, 0.5) is 5.82 Å². The summed E-state index contributed by atoms with van der Waals surface area (Å²) in [6, 6.07) is 7.70. The number of fused-ring (bicyclic) bond motifs is 1. The minimum absolute atomic E-state index is 0.226. The van der Waals surface area contributed by atoms with Crippen molar-refractivity contribution in [1.29, 1.82) is 0 Å². The van der Waals surface area contributed by atoms with Gasteiger partial charge < -0.3 is 10.0 Å². The van der Waals surface area contributed by atoms with Crippen LogP contribution in [0.2, 0.25) is 5.02 Å². The molecule has 0 aliphatic carbocycles. The van der Waals surface area contributed by atoms with Gasteiger partial charge in [-0.2, -0.15) is 0 Å². The van der Waals surface area contributed by atoms with Crippen molar-refractivity contribution >= 4 is 34.2 Å². The first-order chi connectivity index (χ1) is 9.65. The van der Waals surface area contributed by atoms with E-state index in [1.807, 2.05) is 24.3 Å². The predicted molar refractivity (Wildman–Crippen MR) is 79.3 cm³/mol. The average Bonchev–Trinajstić information content (AvgIpc) is 2.46. The Morgan fingerprint density at radius 1 is 1.30 bits per heavy atom. The van der Waals surface area contributed by atoms with Gasteiger partial charge in [-0.25, -0.2) is 4.98 Å². The molecule has 1 aliphatic heterocycles. The molecule has 4 nitrogen and oxygen atoms in total. The highest BCUT2D eigenvalue weighted by molar-refractivity contribution is 6.31. The monoisotopic (exact) mass is 290 g/mol. The Kier molecular flexibility index (Phi) is 3.49. The number of piperidine rings is 1. The van der Waals surface area contributed by atoms with E-state index in [4.69, 9.17) is 16.7 Å². The largest absolute Gasteiger partial charge is 0.481 e. The number of hydrogen-bond donors (Lipinski definition) is 1. The predicted octanol–water partition coefficient (Wildman–Crippen LogP) is 3.19. The van der Waals surface area contributed by atoms with Gasteiger partial charge in [0.1, 0.15) is 5.82 Å². The number of aliphatic carboxylic acids is 1. The van der Waals surface area contributed by atoms with Crippen molar-refractivity contribution in [3.63, 3.8) is 0 Å². The van der Waals surface area contributed by atoms with Crippen molar-refractivity contribution in [3.8, 4) is 0 Å². The summed E-state index contributed by atoms with van der Waals surface area (Å²) in [6.45, 7) is 1.46. The molecule has 0 unspecified atom stereocenters. The number of aromatic nitrogens is 1. The SMILES string of the molecule is O=C(O)C1CCN(c2nccc3cc(Cl)ccc23)CC1. The fourth-order valence-electron chi connectivity index (χ4n) is 2.72. The highest BCUT2D eigenvalue weighted by atomic mass is 35.5. The molecule has 3 rings (SSSR count). The Morgan fingerprint density at radius 3 is 2.75 bits per heavy atom. The van der Waals surface area contributed by atoms with Crippen LogP contribution in [0.5, 0.6) is 0 Å². The number of pyridine rings is 1. The fourth-order valence-corrected chi connectivity index (χ4v) is 2.90. The average molecular weight is 291 g/mol. The van der Waals surface area contributed by atoms with Crippen molar-refractivity contribution in [1.82, 2.24) is 4.98 Å². The third kappa shape index (κ3) is 2.43. The topological polar surface area (TPSA) is 53.4 Å². The van der Waals surface area contributed by atoms with Gasteiger partial charge in [0.15, 0.2) is 0 Å². The molecule has 0 spiro atoms. The number of carbonyl (C=O) groups is 1. The zero-order chi connectivity index (χ0) is 14.1. The van der Waals surface area contributed by atoms with Crippen molar-refractivity contribution in [3.05, 3.63) is 35.5 Å². The third-order valence-corrected chi connectivity index (χ3v) is 4.08. The van der Waals surface area contributed by atoms with Gasteiger partial charge >= 0.3 is 5.97 Å². The van der Waals surface area contributed by atoms with Crippen LogP contribution in [-0.2, 0) is 4.79 Å². The summed E-state index contributed by atoms with van der Waals surface area (Å²) in [7, 11) is 0. The van der Waals surface area contributed by atoms with E-state index in [0.717, 1.165) is 29.7 Å². The molecule has 1 fully saturated rings.